The SMILES string of the molecule is CCc1nc(-c2ccc3ncccc3c2)nc(N)c1Br. The molecule has 0 radical (unpaired) electrons. The van der Waals surface area contributed by atoms with Gasteiger partial charge >= 0.3 is 0 Å². The Bertz CT molecular complexity index is 786. The average Bonchev–Trinajstić information content (AvgIpc) is 2.49. The number of pyridine rings is 1. The maximum atomic E-state index is 5.94. The summed E-state index contributed by atoms with van der Waals surface area (Å²) in [6.45, 7) is 2.04. The first-order valence-electron chi connectivity index (χ1n) is 6.36. The number of nitrogen functional groups attached to an aromatic ring is 1. The van der Waals surface area contributed by atoms with Gasteiger partial charge in [-0.2, -0.15) is 0 Å². The molecule has 0 bridgehead atoms. The van der Waals surface area contributed by atoms with E-state index in [4.69, 9.17) is 5.73 Å². The van der Waals surface area contributed by atoms with Crippen molar-refractivity contribution < 1.29 is 0 Å². The number of fused-ring (bicyclic) bond motifs is 1. The molecule has 1 aromatic carbocycles. The number of benzene rings is 1. The van der Waals surface area contributed by atoms with Crippen LogP contribution >= 0.6 is 15.9 Å². The van der Waals surface area contributed by atoms with Crippen molar-refractivity contribution in [3.05, 3.63) is 46.7 Å². The topological polar surface area (TPSA) is 64.7 Å². The van der Waals surface area contributed by atoms with Crippen LogP contribution in [0.4, 0.5) is 5.82 Å². The Balaban J connectivity index is 2.17. The normalized spacial score (nSPS) is 10.9. The highest BCUT2D eigenvalue weighted by Gasteiger charge is 2.10. The van der Waals surface area contributed by atoms with E-state index in [-0.39, 0.29) is 0 Å². The van der Waals surface area contributed by atoms with Crippen molar-refractivity contribution in [1.82, 2.24) is 15.0 Å². The van der Waals surface area contributed by atoms with E-state index in [0.29, 0.717) is 11.6 Å². The van der Waals surface area contributed by atoms with Gasteiger partial charge in [0.2, 0.25) is 0 Å². The molecule has 0 spiro atoms. The number of nitrogens with zero attached hydrogens (tertiary/aromatic N) is 3. The Morgan fingerprint density at radius 1 is 1.20 bits per heavy atom. The summed E-state index contributed by atoms with van der Waals surface area (Å²) in [7, 11) is 0. The number of hydrogen-bond donors (Lipinski definition) is 1. The summed E-state index contributed by atoms with van der Waals surface area (Å²) in [4.78, 5) is 13.2. The first kappa shape index (κ1) is 13.0. The number of aryl methyl sites for hydroxylation is 1. The van der Waals surface area contributed by atoms with Crippen LogP contribution in [0.2, 0.25) is 0 Å². The van der Waals surface area contributed by atoms with Crippen molar-refractivity contribution in [2.75, 3.05) is 5.73 Å². The average molecular weight is 329 g/mol. The second kappa shape index (κ2) is 5.17. The van der Waals surface area contributed by atoms with Crippen LogP contribution < -0.4 is 5.73 Å². The third-order valence-electron chi connectivity index (χ3n) is 3.14. The molecule has 0 fully saturated rings. The molecular formula is C15H13BrN4. The van der Waals surface area contributed by atoms with Crippen LogP contribution in [0.15, 0.2) is 41.0 Å². The van der Waals surface area contributed by atoms with Crippen molar-refractivity contribution in [3.8, 4) is 11.4 Å². The van der Waals surface area contributed by atoms with Crippen LogP contribution in [-0.2, 0) is 6.42 Å². The molecule has 4 nitrogen and oxygen atoms in total. The number of aromatic nitrogens is 3. The lowest BCUT2D eigenvalue weighted by Gasteiger charge is -2.08. The van der Waals surface area contributed by atoms with Gasteiger partial charge in [-0.15, -0.1) is 0 Å². The summed E-state index contributed by atoms with van der Waals surface area (Å²) in [6.07, 6.45) is 2.58. The largest absolute Gasteiger partial charge is 0.383 e. The first-order chi connectivity index (χ1) is 9.69. The van der Waals surface area contributed by atoms with Crippen LogP contribution in [0.1, 0.15) is 12.6 Å². The molecule has 100 valence electrons. The van der Waals surface area contributed by atoms with E-state index in [2.05, 4.69) is 30.9 Å². The minimum Gasteiger partial charge on any atom is -0.383 e. The Kier molecular flexibility index (Phi) is 3.36. The van der Waals surface area contributed by atoms with Crippen molar-refractivity contribution in [3.63, 3.8) is 0 Å². The highest BCUT2D eigenvalue weighted by Crippen LogP contribution is 2.27. The quantitative estimate of drug-likeness (QED) is 0.780. The van der Waals surface area contributed by atoms with E-state index in [9.17, 15) is 0 Å². The van der Waals surface area contributed by atoms with E-state index in [1.165, 1.54) is 0 Å². The highest BCUT2D eigenvalue weighted by atomic mass is 79.9. The molecule has 20 heavy (non-hydrogen) atoms. The molecule has 2 N–H and O–H groups in total. The molecule has 0 aliphatic heterocycles. The smallest absolute Gasteiger partial charge is 0.161 e. The van der Waals surface area contributed by atoms with Gasteiger partial charge in [0.25, 0.3) is 0 Å². The summed E-state index contributed by atoms with van der Waals surface area (Å²) in [5.74, 6) is 1.12. The fourth-order valence-corrected chi connectivity index (χ4v) is 2.55. The Morgan fingerprint density at radius 3 is 2.85 bits per heavy atom. The lowest BCUT2D eigenvalue weighted by Crippen LogP contribution is -2.02. The van der Waals surface area contributed by atoms with Crippen LogP contribution in [0, 0.1) is 0 Å². The summed E-state index contributed by atoms with van der Waals surface area (Å²) in [6, 6.07) is 9.91. The van der Waals surface area contributed by atoms with Crippen LogP contribution in [0.3, 0.4) is 0 Å². The molecule has 0 aliphatic rings. The van der Waals surface area contributed by atoms with E-state index < -0.39 is 0 Å². The molecule has 2 aromatic heterocycles. The van der Waals surface area contributed by atoms with Gasteiger partial charge in [-0.05, 0) is 46.6 Å². The standard InChI is InChI=1S/C15H13BrN4/c1-2-11-13(16)14(17)20-15(19-11)10-5-6-12-9(8-10)4-3-7-18-12/h3-8H,2H2,1H3,(H2,17,19,20). The lowest BCUT2D eigenvalue weighted by atomic mass is 10.1. The fraction of sp³-hybridized carbons (Fsp3) is 0.133. The summed E-state index contributed by atoms with van der Waals surface area (Å²) < 4.78 is 0.784. The maximum absolute atomic E-state index is 5.94. The molecule has 3 rings (SSSR count). The Labute approximate surface area is 125 Å². The zero-order chi connectivity index (χ0) is 14.1. The van der Waals surface area contributed by atoms with E-state index in [0.717, 1.165) is 33.1 Å². The van der Waals surface area contributed by atoms with E-state index >= 15 is 0 Å². The molecule has 0 aliphatic carbocycles. The van der Waals surface area contributed by atoms with E-state index in [1.807, 2.05) is 37.3 Å². The highest BCUT2D eigenvalue weighted by molar-refractivity contribution is 9.10. The van der Waals surface area contributed by atoms with Gasteiger partial charge in [0.05, 0.1) is 15.7 Å². The monoisotopic (exact) mass is 328 g/mol. The molecule has 0 amide bonds. The third-order valence-corrected chi connectivity index (χ3v) is 4.01. The van der Waals surface area contributed by atoms with Gasteiger partial charge in [0.15, 0.2) is 5.82 Å². The molecule has 0 saturated carbocycles. The van der Waals surface area contributed by atoms with Gasteiger partial charge in [-0.1, -0.05) is 13.0 Å². The molecule has 3 aromatic rings. The van der Waals surface area contributed by atoms with Crippen molar-refractivity contribution in [2.45, 2.75) is 13.3 Å². The first-order valence-corrected chi connectivity index (χ1v) is 7.15. The molecular weight excluding hydrogens is 316 g/mol. The Hall–Kier alpha value is -2.01. The molecule has 0 unspecified atom stereocenters. The molecule has 0 atom stereocenters. The fourth-order valence-electron chi connectivity index (χ4n) is 2.09. The number of hydrogen-bond acceptors (Lipinski definition) is 4. The van der Waals surface area contributed by atoms with Gasteiger partial charge in [0.1, 0.15) is 5.82 Å². The minimum atomic E-state index is 0.470. The Morgan fingerprint density at radius 2 is 2.05 bits per heavy atom. The zero-order valence-electron chi connectivity index (χ0n) is 11.0. The van der Waals surface area contributed by atoms with Crippen LogP contribution in [0.25, 0.3) is 22.3 Å². The van der Waals surface area contributed by atoms with Gasteiger partial charge in [-0.25, -0.2) is 9.97 Å². The summed E-state index contributed by atoms with van der Waals surface area (Å²) in [5.41, 5.74) is 8.75. The van der Waals surface area contributed by atoms with Crippen molar-refractivity contribution >= 4 is 32.7 Å². The predicted octanol–water partition coefficient (Wildman–Crippen LogP) is 3.60. The third kappa shape index (κ3) is 2.25. The molecule has 5 heteroatoms. The van der Waals surface area contributed by atoms with E-state index in [1.54, 1.807) is 6.20 Å². The second-order valence-corrected chi connectivity index (χ2v) is 5.25. The van der Waals surface area contributed by atoms with Crippen LogP contribution in [0.5, 0.6) is 0 Å². The molecule has 0 saturated heterocycles. The van der Waals surface area contributed by atoms with Gasteiger partial charge < -0.3 is 5.73 Å². The number of anilines is 1. The maximum Gasteiger partial charge on any atom is 0.161 e. The number of nitrogens with two attached hydrogens (primary N) is 1. The molecule has 2 heterocycles. The second-order valence-electron chi connectivity index (χ2n) is 4.46. The zero-order valence-corrected chi connectivity index (χ0v) is 12.6. The van der Waals surface area contributed by atoms with Crippen LogP contribution in [-0.4, -0.2) is 15.0 Å². The van der Waals surface area contributed by atoms with Gasteiger partial charge in [-0.3, -0.25) is 4.98 Å². The predicted molar refractivity (Wildman–Crippen MR) is 84.3 cm³/mol. The van der Waals surface area contributed by atoms with Crippen molar-refractivity contribution in [1.29, 1.82) is 0 Å². The minimum absolute atomic E-state index is 0.470. The lowest BCUT2D eigenvalue weighted by molar-refractivity contribution is 0.996. The number of halogens is 1. The van der Waals surface area contributed by atoms with Gasteiger partial charge in [0, 0.05) is 17.1 Å². The summed E-state index contributed by atoms with van der Waals surface area (Å²) in [5, 5.41) is 1.06. The summed E-state index contributed by atoms with van der Waals surface area (Å²) >= 11 is 3.43. The number of rotatable bonds is 2. The van der Waals surface area contributed by atoms with Crippen molar-refractivity contribution in [2.24, 2.45) is 0 Å².